The van der Waals surface area contributed by atoms with Gasteiger partial charge in [0.1, 0.15) is 0 Å². The number of benzene rings is 2. The molecule has 2 heterocycles. The highest BCUT2D eigenvalue weighted by Crippen LogP contribution is 2.33. The smallest absolute Gasteiger partial charge is 0.258 e. The van der Waals surface area contributed by atoms with Crippen molar-refractivity contribution in [1.82, 2.24) is 4.98 Å². The van der Waals surface area contributed by atoms with E-state index < -0.39 is 0 Å². The van der Waals surface area contributed by atoms with Crippen molar-refractivity contribution in [3.05, 3.63) is 59.3 Å². The van der Waals surface area contributed by atoms with Crippen LogP contribution in [0.3, 0.4) is 0 Å². The number of aromatic nitrogens is 1. The van der Waals surface area contributed by atoms with Crippen molar-refractivity contribution in [3.8, 4) is 0 Å². The Bertz CT molecular complexity index is 1030. The van der Waals surface area contributed by atoms with Crippen LogP contribution in [0.25, 0.3) is 10.9 Å². The highest BCUT2D eigenvalue weighted by molar-refractivity contribution is 6.12. The van der Waals surface area contributed by atoms with E-state index in [0.29, 0.717) is 11.3 Å². The molecule has 1 aliphatic heterocycles. The number of nitrogens with zero attached hydrogens (tertiary/aromatic N) is 1. The summed E-state index contributed by atoms with van der Waals surface area (Å²) in [5.41, 5.74) is 5.31. The van der Waals surface area contributed by atoms with Crippen LogP contribution in [0.2, 0.25) is 0 Å². The number of hydrogen-bond acceptors (Lipinski definition) is 2. The fourth-order valence-electron chi connectivity index (χ4n) is 3.63. The summed E-state index contributed by atoms with van der Waals surface area (Å²) in [7, 11) is 0. The zero-order valence-electron chi connectivity index (χ0n) is 15.1. The van der Waals surface area contributed by atoms with Crippen LogP contribution in [0.5, 0.6) is 0 Å². The molecule has 2 aromatic carbocycles. The summed E-state index contributed by atoms with van der Waals surface area (Å²) in [6.07, 6.45) is 0.269. The van der Waals surface area contributed by atoms with Gasteiger partial charge in [-0.05, 0) is 56.7 Å². The summed E-state index contributed by atoms with van der Waals surface area (Å²) in [6.45, 7) is 5.99. The molecular formula is C21H21N3O2. The van der Waals surface area contributed by atoms with Gasteiger partial charge in [0.15, 0.2) is 0 Å². The first-order valence-corrected chi connectivity index (χ1v) is 8.77. The molecule has 0 radical (unpaired) electrons. The summed E-state index contributed by atoms with van der Waals surface area (Å²) >= 11 is 0. The Balaban J connectivity index is 1.82. The molecule has 5 heteroatoms. The van der Waals surface area contributed by atoms with Crippen molar-refractivity contribution in [2.75, 3.05) is 10.2 Å². The number of para-hydroxylation sites is 2. The maximum Gasteiger partial charge on any atom is 0.258 e. The number of aryl methyl sites for hydroxylation is 2. The second-order valence-electron chi connectivity index (χ2n) is 6.93. The first kappa shape index (κ1) is 16.4. The molecule has 3 aromatic rings. The summed E-state index contributed by atoms with van der Waals surface area (Å²) in [5.74, 6) is -0.172. The maximum absolute atomic E-state index is 13.4. The SMILES string of the molecule is Cc1[nH]c2ccc(C(=O)N3c4ccccc4NC(=O)CC3C)cc2c1C. The number of nitrogens with one attached hydrogen (secondary N) is 2. The molecule has 1 aliphatic rings. The van der Waals surface area contributed by atoms with E-state index in [1.165, 1.54) is 0 Å². The van der Waals surface area contributed by atoms with E-state index in [9.17, 15) is 9.59 Å². The Morgan fingerprint density at radius 2 is 1.92 bits per heavy atom. The molecule has 132 valence electrons. The van der Waals surface area contributed by atoms with Gasteiger partial charge in [-0.25, -0.2) is 0 Å². The molecule has 0 fully saturated rings. The van der Waals surface area contributed by atoms with Crippen molar-refractivity contribution >= 4 is 34.1 Å². The predicted octanol–water partition coefficient (Wildman–Crippen LogP) is 4.16. The van der Waals surface area contributed by atoms with Gasteiger partial charge in [0.25, 0.3) is 5.91 Å². The van der Waals surface area contributed by atoms with Crippen LogP contribution in [0.1, 0.15) is 35.0 Å². The van der Waals surface area contributed by atoms with E-state index >= 15 is 0 Å². The summed E-state index contributed by atoms with van der Waals surface area (Å²) in [4.78, 5) is 30.6. The Hall–Kier alpha value is -3.08. The van der Waals surface area contributed by atoms with Gasteiger partial charge in [0, 0.05) is 34.6 Å². The number of rotatable bonds is 1. The highest BCUT2D eigenvalue weighted by atomic mass is 16.2. The van der Waals surface area contributed by atoms with Crippen LogP contribution in [0.4, 0.5) is 11.4 Å². The molecule has 0 aliphatic carbocycles. The fraction of sp³-hybridized carbons (Fsp3) is 0.238. The lowest BCUT2D eigenvalue weighted by molar-refractivity contribution is -0.116. The molecule has 1 aromatic heterocycles. The molecule has 26 heavy (non-hydrogen) atoms. The zero-order chi connectivity index (χ0) is 18.4. The van der Waals surface area contributed by atoms with Crippen LogP contribution < -0.4 is 10.2 Å². The van der Waals surface area contributed by atoms with Crippen LogP contribution in [-0.2, 0) is 4.79 Å². The molecule has 1 unspecified atom stereocenters. The minimum Gasteiger partial charge on any atom is -0.358 e. The van der Waals surface area contributed by atoms with Crippen molar-refractivity contribution < 1.29 is 9.59 Å². The average Bonchev–Trinajstić information content (AvgIpc) is 2.82. The number of fused-ring (bicyclic) bond motifs is 2. The van der Waals surface area contributed by atoms with E-state index in [1.807, 2.05) is 56.3 Å². The molecule has 0 bridgehead atoms. The lowest BCUT2D eigenvalue weighted by Gasteiger charge is -2.28. The van der Waals surface area contributed by atoms with Crippen LogP contribution in [-0.4, -0.2) is 22.8 Å². The predicted molar refractivity (Wildman–Crippen MR) is 104 cm³/mol. The fourth-order valence-corrected chi connectivity index (χ4v) is 3.63. The van der Waals surface area contributed by atoms with Gasteiger partial charge >= 0.3 is 0 Å². The van der Waals surface area contributed by atoms with Crippen molar-refractivity contribution in [3.63, 3.8) is 0 Å². The number of carbonyl (C=O) groups excluding carboxylic acids is 2. The topological polar surface area (TPSA) is 65.2 Å². The number of anilines is 2. The quantitative estimate of drug-likeness (QED) is 0.694. The highest BCUT2D eigenvalue weighted by Gasteiger charge is 2.30. The monoisotopic (exact) mass is 347 g/mol. The summed E-state index contributed by atoms with van der Waals surface area (Å²) in [5, 5.41) is 3.95. The third-order valence-electron chi connectivity index (χ3n) is 5.13. The van der Waals surface area contributed by atoms with Crippen molar-refractivity contribution in [1.29, 1.82) is 0 Å². The molecule has 4 rings (SSSR count). The second-order valence-corrected chi connectivity index (χ2v) is 6.93. The third kappa shape index (κ3) is 2.56. The first-order valence-electron chi connectivity index (χ1n) is 8.77. The minimum absolute atomic E-state index is 0.0761. The van der Waals surface area contributed by atoms with E-state index in [0.717, 1.165) is 27.8 Å². The van der Waals surface area contributed by atoms with Gasteiger partial charge in [-0.15, -0.1) is 0 Å². The van der Waals surface area contributed by atoms with E-state index in [-0.39, 0.29) is 24.3 Å². The molecule has 1 atom stereocenters. The van der Waals surface area contributed by atoms with Gasteiger partial charge in [0.2, 0.25) is 5.91 Å². The molecule has 0 saturated heterocycles. The summed E-state index contributed by atoms with van der Waals surface area (Å²) < 4.78 is 0. The van der Waals surface area contributed by atoms with Gasteiger partial charge in [-0.1, -0.05) is 12.1 Å². The van der Waals surface area contributed by atoms with Gasteiger partial charge in [0.05, 0.1) is 11.4 Å². The Morgan fingerprint density at radius 3 is 2.73 bits per heavy atom. The van der Waals surface area contributed by atoms with Crippen molar-refractivity contribution in [2.24, 2.45) is 0 Å². The van der Waals surface area contributed by atoms with Crippen LogP contribution >= 0.6 is 0 Å². The largest absolute Gasteiger partial charge is 0.358 e. The molecular weight excluding hydrogens is 326 g/mol. The third-order valence-corrected chi connectivity index (χ3v) is 5.13. The first-order chi connectivity index (χ1) is 12.5. The van der Waals surface area contributed by atoms with Gasteiger partial charge in [-0.2, -0.15) is 0 Å². The van der Waals surface area contributed by atoms with Gasteiger partial charge in [-0.3, -0.25) is 9.59 Å². The Labute approximate surface area is 152 Å². The minimum atomic E-state index is -0.226. The second kappa shape index (κ2) is 6.02. The molecule has 0 spiro atoms. The standard InChI is InChI=1S/C21H21N3O2/c1-12-10-20(25)23-18-6-4-5-7-19(18)24(12)21(26)15-8-9-17-16(11-15)13(2)14(3)22-17/h4-9,11-12,22H,10H2,1-3H3,(H,23,25). The number of aromatic amines is 1. The summed E-state index contributed by atoms with van der Waals surface area (Å²) in [6, 6.07) is 12.9. The van der Waals surface area contributed by atoms with E-state index in [4.69, 9.17) is 0 Å². The number of hydrogen-bond donors (Lipinski definition) is 2. The lowest BCUT2D eigenvalue weighted by atomic mass is 10.1. The van der Waals surface area contributed by atoms with E-state index in [1.54, 1.807) is 4.90 Å². The molecule has 2 N–H and O–H groups in total. The van der Waals surface area contributed by atoms with Crippen LogP contribution in [0, 0.1) is 13.8 Å². The van der Waals surface area contributed by atoms with Crippen molar-refractivity contribution in [2.45, 2.75) is 33.2 Å². The number of carbonyl (C=O) groups is 2. The van der Waals surface area contributed by atoms with E-state index in [2.05, 4.69) is 17.2 Å². The number of amides is 2. The maximum atomic E-state index is 13.4. The van der Waals surface area contributed by atoms with Gasteiger partial charge < -0.3 is 15.2 Å². The van der Waals surface area contributed by atoms with Crippen LogP contribution in [0.15, 0.2) is 42.5 Å². The lowest BCUT2D eigenvalue weighted by Crippen LogP contribution is -2.39. The zero-order valence-corrected chi connectivity index (χ0v) is 15.1. The number of H-pyrrole nitrogens is 1. The normalized spacial score (nSPS) is 17.0. The Kier molecular flexibility index (Phi) is 3.80. The average molecular weight is 347 g/mol. The molecule has 0 saturated carbocycles. The molecule has 2 amide bonds. The Morgan fingerprint density at radius 1 is 1.15 bits per heavy atom. The molecule has 5 nitrogen and oxygen atoms in total.